The van der Waals surface area contributed by atoms with Crippen molar-refractivity contribution >= 4 is 33.2 Å². The third-order valence-electron chi connectivity index (χ3n) is 6.03. The number of anilines is 1. The second kappa shape index (κ2) is 10.7. The number of halogens is 1. The van der Waals surface area contributed by atoms with E-state index in [-0.39, 0.29) is 22.4 Å². The molecule has 0 aliphatic rings. The summed E-state index contributed by atoms with van der Waals surface area (Å²) >= 11 is 6.20. The summed E-state index contributed by atoms with van der Waals surface area (Å²) in [5.74, 6) is -0.163. The summed E-state index contributed by atoms with van der Waals surface area (Å²) in [4.78, 5) is 13.3. The fourth-order valence-corrected chi connectivity index (χ4v) is 5.53. The number of aryl methyl sites for hydroxylation is 4. The molecular weight excluding hydrogens is 484 g/mol. The van der Waals surface area contributed by atoms with Crippen molar-refractivity contribution < 1.29 is 17.9 Å². The van der Waals surface area contributed by atoms with Crippen LogP contribution in [0.5, 0.6) is 5.75 Å². The third kappa shape index (κ3) is 5.97. The van der Waals surface area contributed by atoms with Crippen LogP contribution < -0.4 is 14.4 Å². The van der Waals surface area contributed by atoms with Crippen LogP contribution in [-0.4, -0.2) is 28.0 Å². The van der Waals surface area contributed by atoms with Gasteiger partial charge in [0.15, 0.2) is 0 Å². The molecule has 0 saturated heterocycles. The van der Waals surface area contributed by atoms with Gasteiger partial charge in [-0.15, -0.1) is 0 Å². The summed E-state index contributed by atoms with van der Waals surface area (Å²) in [6, 6.07) is 15.0. The second-order valence-corrected chi connectivity index (χ2v) is 11.0. The molecule has 35 heavy (non-hydrogen) atoms. The first-order chi connectivity index (χ1) is 16.4. The molecule has 0 aliphatic carbocycles. The van der Waals surface area contributed by atoms with Crippen LogP contribution in [0.15, 0.2) is 59.5 Å². The number of nitrogens with one attached hydrogen (secondary N) is 1. The average molecular weight is 515 g/mol. The molecule has 0 radical (unpaired) electrons. The van der Waals surface area contributed by atoms with E-state index in [4.69, 9.17) is 16.3 Å². The molecule has 0 aliphatic heterocycles. The van der Waals surface area contributed by atoms with Crippen molar-refractivity contribution in [3.05, 3.63) is 87.4 Å². The summed E-state index contributed by atoms with van der Waals surface area (Å²) in [6.45, 7) is 9.37. The first-order valence-electron chi connectivity index (χ1n) is 11.2. The minimum Gasteiger partial charge on any atom is -0.495 e. The molecule has 0 bridgehead atoms. The zero-order valence-corrected chi connectivity index (χ0v) is 22.4. The van der Waals surface area contributed by atoms with Crippen molar-refractivity contribution in [1.82, 2.24) is 5.32 Å². The summed E-state index contributed by atoms with van der Waals surface area (Å²) in [5.41, 5.74) is 5.44. The SMILES string of the molecule is COc1ccc(Cl)cc1N(CC(=O)N[C@H](C)c1cc(C)c(C)cc1C)S(=O)(=O)c1ccc(C)cc1. The zero-order valence-electron chi connectivity index (χ0n) is 20.8. The standard InChI is InChI=1S/C27H31ClN2O4S/c1-17-7-10-23(11-8-17)35(32,33)30(25-15-22(28)9-12-26(25)34-6)16-27(31)29-21(5)24-14-19(3)18(2)13-20(24)4/h7-15,21H,16H2,1-6H3,(H,29,31)/t21-/m1/s1. The number of hydrogen-bond acceptors (Lipinski definition) is 4. The number of carbonyl (C=O) groups is 1. The molecule has 186 valence electrons. The van der Waals surface area contributed by atoms with Crippen LogP contribution in [0, 0.1) is 27.7 Å². The Labute approximate surface area is 212 Å². The Morgan fingerprint density at radius 2 is 1.60 bits per heavy atom. The van der Waals surface area contributed by atoms with Gasteiger partial charge in [0.2, 0.25) is 5.91 Å². The Hall–Kier alpha value is -3.03. The number of amides is 1. The molecule has 0 saturated carbocycles. The number of sulfonamides is 1. The molecule has 3 aromatic carbocycles. The number of hydrogen-bond donors (Lipinski definition) is 1. The van der Waals surface area contributed by atoms with E-state index in [2.05, 4.69) is 17.4 Å². The molecule has 0 aromatic heterocycles. The number of benzene rings is 3. The van der Waals surface area contributed by atoms with E-state index < -0.39 is 22.5 Å². The van der Waals surface area contributed by atoms with E-state index in [1.807, 2.05) is 34.6 Å². The highest BCUT2D eigenvalue weighted by Crippen LogP contribution is 2.35. The van der Waals surface area contributed by atoms with Gasteiger partial charge in [0, 0.05) is 5.02 Å². The van der Waals surface area contributed by atoms with Gasteiger partial charge in [-0.05, 0) is 87.2 Å². The molecule has 3 aromatic rings. The van der Waals surface area contributed by atoms with E-state index in [1.165, 1.54) is 30.9 Å². The van der Waals surface area contributed by atoms with Gasteiger partial charge < -0.3 is 10.1 Å². The highest BCUT2D eigenvalue weighted by Gasteiger charge is 2.30. The molecule has 0 spiro atoms. The highest BCUT2D eigenvalue weighted by molar-refractivity contribution is 7.92. The smallest absolute Gasteiger partial charge is 0.264 e. The Morgan fingerprint density at radius 1 is 0.971 bits per heavy atom. The third-order valence-corrected chi connectivity index (χ3v) is 8.04. The van der Waals surface area contributed by atoms with E-state index in [9.17, 15) is 13.2 Å². The molecule has 0 fully saturated rings. The first-order valence-corrected chi connectivity index (χ1v) is 13.1. The zero-order chi connectivity index (χ0) is 25.9. The number of ether oxygens (including phenoxy) is 1. The molecule has 1 atom stereocenters. The minimum absolute atomic E-state index is 0.0657. The molecule has 3 rings (SSSR count). The maximum absolute atomic E-state index is 13.7. The molecule has 1 N–H and O–H groups in total. The van der Waals surface area contributed by atoms with Crippen LogP contribution in [0.4, 0.5) is 5.69 Å². The van der Waals surface area contributed by atoms with Gasteiger partial charge in [-0.3, -0.25) is 9.10 Å². The second-order valence-electron chi connectivity index (χ2n) is 8.72. The number of carbonyl (C=O) groups excluding carboxylic acids is 1. The van der Waals surface area contributed by atoms with Crippen LogP contribution in [0.1, 0.15) is 40.8 Å². The van der Waals surface area contributed by atoms with Crippen molar-refractivity contribution in [2.45, 2.75) is 45.6 Å². The lowest BCUT2D eigenvalue weighted by molar-refractivity contribution is -0.120. The summed E-state index contributed by atoms with van der Waals surface area (Å²) in [5, 5.41) is 3.27. The first kappa shape index (κ1) is 26.6. The molecule has 6 nitrogen and oxygen atoms in total. The van der Waals surface area contributed by atoms with Gasteiger partial charge in [0.1, 0.15) is 12.3 Å². The van der Waals surface area contributed by atoms with Gasteiger partial charge in [0.05, 0.1) is 23.7 Å². The minimum atomic E-state index is -4.10. The van der Waals surface area contributed by atoms with Crippen molar-refractivity contribution in [2.75, 3.05) is 18.0 Å². The number of methoxy groups -OCH3 is 1. The summed E-state index contributed by atoms with van der Waals surface area (Å²) in [6.07, 6.45) is 0. The van der Waals surface area contributed by atoms with Gasteiger partial charge in [-0.25, -0.2) is 8.42 Å². The monoisotopic (exact) mass is 514 g/mol. The lowest BCUT2D eigenvalue weighted by Gasteiger charge is -2.27. The van der Waals surface area contributed by atoms with Crippen LogP contribution in [-0.2, 0) is 14.8 Å². The normalized spacial score (nSPS) is 12.2. The molecular formula is C27H31ClN2O4S. The van der Waals surface area contributed by atoms with E-state index in [0.717, 1.165) is 26.6 Å². The Morgan fingerprint density at radius 3 is 2.23 bits per heavy atom. The molecule has 0 heterocycles. The quantitative estimate of drug-likeness (QED) is 0.421. The maximum atomic E-state index is 13.7. The Kier molecular flexibility index (Phi) is 8.13. The van der Waals surface area contributed by atoms with Crippen LogP contribution in [0.2, 0.25) is 5.02 Å². The predicted molar refractivity (Wildman–Crippen MR) is 141 cm³/mol. The lowest BCUT2D eigenvalue weighted by Crippen LogP contribution is -2.41. The Bertz CT molecular complexity index is 1340. The van der Waals surface area contributed by atoms with Crippen LogP contribution in [0.25, 0.3) is 0 Å². The molecule has 8 heteroatoms. The molecule has 1 amide bonds. The van der Waals surface area contributed by atoms with Crippen molar-refractivity contribution in [2.24, 2.45) is 0 Å². The Balaban J connectivity index is 1.99. The fourth-order valence-electron chi connectivity index (χ4n) is 3.94. The maximum Gasteiger partial charge on any atom is 0.264 e. The molecule has 0 unspecified atom stereocenters. The van der Waals surface area contributed by atoms with Crippen molar-refractivity contribution in [1.29, 1.82) is 0 Å². The van der Waals surface area contributed by atoms with E-state index in [1.54, 1.807) is 24.3 Å². The van der Waals surface area contributed by atoms with Gasteiger partial charge in [0.25, 0.3) is 10.0 Å². The topological polar surface area (TPSA) is 75.7 Å². The van der Waals surface area contributed by atoms with Gasteiger partial charge in [-0.2, -0.15) is 0 Å². The fraction of sp³-hybridized carbons (Fsp3) is 0.296. The van der Waals surface area contributed by atoms with Crippen molar-refractivity contribution in [3.63, 3.8) is 0 Å². The summed E-state index contributed by atoms with van der Waals surface area (Å²) < 4.78 is 33.8. The number of rotatable bonds is 8. The average Bonchev–Trinajstić information content (AvgIpc) is 2.80. The largest absolute Gasteiger partial charge is 0.495 e. The van der Waals surface area contributed by atoms with E-state index >= 15 is 0 Å². The lowest BCUT2D eigenvalue weighted by atomic mass is 9.96. The number of nitrogens with zero attached hydrogens (tertiary/aromatic N) is 1. The van der Waals surface area contributed by atoms with Gasteiger partial charge in [-0.1, -0.05) is 41.4 Å². The highest BCUT2D eigenvalue weighted by atomic mass is 35.5. The van der Waals surface area contributed by atoms with Crippen molar-refractivity contribution in [3.8, 4) is 5.75 Å². The predicted octanol–water partition coefficient (Wildman–Crippen LogP) is 5.65. The summed E-state index contributed by atoms with van der Waals surface area (Å²) in [7, 11) is -2.66. The van der Waals surface area contributed by atoms with Crippen LogP contribution >= 0.6 is 11.6 Å². The van der Waals surface area contributed by atoms with Gasteiger partial charge >= 0.3 is 0 Å². The van der Waals surface area contributed by atoms with Crippen LogP contribution in [0.3, 0.4) is 0 Å². The van der Waals surface area contributed by atoms with E-state index in [0.29, 0.717) is 5.02 Å².